The van der Waals surface area contributed by atoms with Crippen molar-refractivity contribution in [3.8, 4) is 0 Å². The largest absolute Gasteiger partial charge is 0.481 e. The second-order valence-electron chi connectivity index (χ2n) is 3.99. The highest BCUT2D eigenvalue weighted by atomic mass is 35.5. The third-order valence-electron chi connectivity index (χ3n) is 3.01. The molecule has 0 bridgehead atoms. The van der Waals surface area contributed by atoms with E-state index in [1.165, 1.54) is 6.42 Å². The maximum atomic E-state index is 10.7. The molecule has 1 aliphatic carbocycles. The van der Waals surface area contributed by atoms with Crippen LogP contribution in [0.25, 0.3) is 0 Å². The molecular formula is C10H20ClNO2. The highest BCUT2D eigenvalue weighted by Gasteiger charge is 2.25. The van der Waals surface area contributed by atoms with Crippen molar-refractivity contribution >= 4 is 18.4 Å². The summed E-state index contributed by atoms with van der Waals surface area (Å²) in [5.74, 6) is 0.0468. The van der Waals surface area contributed by atoms with Crippen molar-refractivity contribution in [3.63, 3.8) is 0 Å². The van der Waals surface area contributed by atoms with Crippen LogP contribution in [0.2, 0.25) is 0 Å². The molecule has 0 amide bonds. The molecular weight excluding hydrogens is 202 g/mol. The Bertz CT molecular complexity index is 168. The molecule has 0 atom stereocenters. The van der Waals surface area contributed by atoms with Crippen LogP contribution in [0.4, 0.5) is 0 Å². The van der Waals surface area contributed by atoms with E-state index >= 15 is 0 Å². The topological polar surface area (TPSA) is 63.3 Å². The maximum absolute atomic E-state index is 10.7. The van der Waals surface area contributed by atoms with Crippen molar-refractivity contribution in [1.82, 2.24) is 0 Å². The van der Waals surface area contributed by atoms with E-state index < -0.39 is 5.97 Å². The van der Waals surface area contributed by atoms with Gasteiger partial charge < -0.3 is 10.8 Å². The summed E-state index contributed by atoms with van der Waals surface area (Å²) in [7, 11) is 0. The van der Waals surface area contributed by atoms with E-state index in [1.54, 1.807) is 0 Å². The van der Waals surface area contributed by atoms with E-state index in [0.29, 0.717) is 0 Å². The minimum absolute atomic E-state index is 0. The van der Waals surface area contributed by atoms with Gasteiger partial charge in [-0.2, -0.15) is 0 Å². The molecule has 1 fully saturated rings. The molecule has 1 aliphatic rings. The number of carbonyl (C=O) groups is 1. The van der Waals surface area contributed by atoms with Gasteiger partial charge in [0.1, 0.15) is 0 Å². The SMILES string of the molecule is Cl.NCCCC1CCC(C(=O)O)CC1. The highest BCUT2D eigenvalue weighted by Crippen LogP contribution is 2.31. The fourth-order valence-electron chi connectivity index (χ4n) is 2.10. The number of nitrogens with two attached hydrogens (primary N) is 1. The molecule has 0 aromatic heterocycles. The molecule has 0 radical (unpaired) electrons. The molecule has 0 saturated heterocycles. The molecule has 0 spiro atoms. The van der Waals surface area contributed by atoms with E-state index in [9.17, 15) is 4.79 Å². The van der Waals surface area contributed by atoms with Crippen LogP contribution in [0, 0.1) is 11.8 Å². The first-order chi connectivity index (χ1) is 6.24. The molecule has 4 heteroatoms. The summed E-state index contributed by atoms with van der Waals surface area (Å²) >= 11 is 0. The molecule has 14 heavy (non-hydrogen) atoms. The number of hydrogen-bond acceptors (Lipinski definition) is 2. The van der Waals surface area contributed by atoms with E-state index in [0.717, 1.165) is 44.6 Å². The van der Waals surface area contributed by atoms with Gasteiger partial charge in [-0.1, -0.05) is 0 Å². The van der Waals surface area contributed by atoms with Crippen LogP contribution in [0.1, 0.15) is 38.5 Å². The van der Waals surface area contributed by atoms with Gasteiger partial charge in [-0.3, -0.25) is 4.79 Å². The van der Waals surface area contributed by atoms with E-state index in [1.807, 2.05) is 0 Å². The first kappa shape index (κ1) is 13.7. The fourth-order valence-corrected chi connectivity index (χ4v) is 2.10. The maximum Gasteiger partial charge on any atom is 0.306 e. The van der Waals surface area contributed by atoms with Crippen molar-refractivity contribution in [2.45, 2.75) is 38.5 Å². The van der Waals surface area contributed by atoms with Crippen LogP contribution in [0.3, 0.4) is 0 Å². The predicted octanol–water partition coefficient (Wildman–Crippen LogP) is 2.04. The number of rotatable bonds is 4. The number of aliphatic carboxylic acids is 1. The molecule has 0 aliphatic heterocycles. The number of halogens is 1. The Balaban J connectivity index is 0.00000169. The zero-order valence-electron chi connectivity index (χ0n) is 8.45. The van der Waals surface area contributed by atoms with Crippen LogP contribution in [-0.4, -0.2) is 17.6 Å². The third kappa shape index (κ3) is 4.29. The summed E-state index contributed by atoms with van der Waals surface area (Å²) in [4.78, 5) is 10.7. The van der Waals surface area contributed by atoms with E-state index in [4.69, 9.17) is 10.8 Å². The normalized spacial score (nSPS) is 26.6. The Morgan fingerprint density at radius 2 is 1.86 bits per heavy atom. The van der Waals surface area contributed by atoms with Crippen molar-refractivity contribution < 1.29 is 9.90 Å². The zero-order valence-corrected chi connectivity index (χ0v) is 9.26. The summed E-state index contributed by atoms with van der Waals surface area (Å²) in [5.41, 5.74) is 5.43. The molecule has 1 rings (SSSR count). The van der Waals surface area contributed by atoms with Gasteiger partial charge in [-0.25, -0.2) is 0 Å². The number of hydrogen-bond donors (Lipinski definition) is 2. The van der Waals surface area contributed by atoms with Crippen LogP contribution in [0.5, 0.6) is 0 Å². The second-order valence-corrected chi connectivity index (χ2v) is 3.99. The predicted molar refractivity (Wildman–Crippen MR) is 58.6 cm³/mol. The minimum Gasteiger partial charge on any atom is -0.481 e. The fraction of sp³-hybridized carbons (Fsp3) is 0.900. The lowest BCUT2D eigenvalue weighted by molar-refractivity contribution is -0.143. The van der Waals surface area contributed by atoms with Crippen LogP contribution < -0.4 is 5.73 Å². The lowest BCUT2D eigenvalue weighted by Crippen LogP contribution is -2.21. The Kier molecular flexibility index (Phi) is 6.93. The van der Waals surface area contributed by atoms with Gasteiger partial charge in [0.05, 0.1) is 5.92 Å². The Labute approximate surface area is 91.5 Å². The lowest BCUT2D eigenvalue weighted by Gasteiger charge is -2.25. The molecule has 3 nitrogen and oxygen atoms in total. The van der Waals surface area contributed by atoms with Gasteiger partial charge in [-0.15, -0.1) is 12.4 Å². The van der Waals surface area contributed by atoms with Crippen molar-refractivity contribution in [3.05, 3.63) is 0 Å². The van der Waals surface area contributed by atoms with Crippen LogP contribution >= 0.6 is 12.4 Å². The van der Waals surface area contributed by atoms with Gasteiger partial charge in [0.2, 0.25) is 0 Å². The Morgan fingerprint density at radius 1 is 1.29 bits per heavy atom. The highest BCUT2D eigenvalue weighted by molar-refractivity contribution is 5.85. The van der Waals surface area contributed by atoms with Gasteiger partial charge in [0.25, 0.3) is 0 Å². The average molecular weight is 222 g/mol. The minimum atomic E-state index is -0.614. The van der Waals surface area contributed by atoms with Gasteiger partial charge in [0.15, 0.2) is 0 Å². The first-order valence-electron chi connectivity index (χ1n) is 5.17. The summed E-state index contributed by atoms with van der Waals surface area (Å²) in [5, 5.41) is 8.78. The van der Waals surface area contributed by atoms with Crippen LogP contribution in [-0.2, 0) is 4.79 Å². The summed E-state index contributed by atoms with van der Waals surface area (Å²) in [6.45, 7) is 0.763. The lowest BCUT2D eigenvalue weighted by atomic mass is 9.80. The number of carboxylic acid groups (broad SMARTS) is 1. The van der Waals surface area contributed by atoms with E-state index in [-0.39, 0.29) is 18.3 Å². The monoisotopic (exact) mass is 221 g/mol. The number of carboxylic acids is 1. The van der Waals surface area contributed by atoms with Gasteiger partial charge >= 0.3 is 5.97 Å². The van der Waals surface area contributed by atoms with Gasteiger partial charge in [-0.05, 0) is 51.0 Å². The molecule has 0 aromatic rings. The molecule has 0 aromatic carbocycles. The Morgan fingerprint density at radius 3 is 2.29 bits per heavy atom. The zero-order chi connectivity index (χ0) is 9.68. The quantitative estimate of drug-likeness (QED) is 0.764. The average Bonchev–Trinajstić information content (AvgIpc) is 2.15. The third-order valence-corrected chi connectivity index (χ3v) is 3.01. The summed E-state index contributed by atoms with van der Waals surface area (Å²) in [6.07, 6.45) is 6.16. The molecule has 0 unspecified atom stereocenters. The molecule has 3 N–H and O–H groups in total. The standard InChI is InChI=1S/C10H19NO2.ClH/c11-7-1-2-8-3-5-9(6-4-8)10(12)13;/h8-9H,1-7,11H2,(H,12,13);1H. The molecule has 0 heterocycles. The van der Waals surface area contributed by atoms with Crippen molar-refractivity contribution in [2.75, 3.05) is 6.54 Å². The van der Waals surface area contributed by atoms with Gasteiger partial charge in [0, 0.05) is 0 Å². The van der Waals surface area contributed by atoms with E-state index in [2.05, 4.69) is 0 Å². The van der Waals surface area contributed by atoms with Crippen molar-refractivity contribution in [2.24, 2.45) is 17.6 Å². The summed E-state index contributed by atoms with van der Waals surface area (Å²) < 4.78 is 0. The second kappa shape index (κ2) is 7.07. The molecule has 84 valence electrons. The summed E-state index contributed by atoms with van der Waals surface area (Å²) in [6, 6.07) is 0. The first-order valence-corrected chi connectivity index (χ1v) is 5.17. The van der Waals surface area contributed by atoms with Crippen LogP contribution in [0.15, 0.2) is 0 Å². The van der Waals surface area contributed by atoms with Crippen molar-refractivity contribution in [1.29, 1.82) is 0 Å². The molecule has 1 saturated carbocycles. The smallest absolute Gasteiger partial charge is 0.306 e. The Hall–Kier alpha value is -0.280.